The van der Waals surface area contributed by atoms with Crippen molar-refractivity contribution in [3.63, 3.8) is 0 Å². The average molecular weight is 554 g/mol. The van der Waals surface area contributed by atoms with Gasteiger partial charge in [-0.05, 0) is 43.5 Å². The molecule has 0 bridgehead atoms. The molecule has 1 unspecified atom stereocenters. The van der Waals surface area contributed by atoms with Crippen molar-refractivity contribution >= 4 is 33.8 Å². The summed E-state index contributed by atoms with van der Waals surface area (Å²) >= 11 is 1.35. The summed E-state index contributed by atoms with van der Waals surface area (Å²) < 4.78 is 38.6. The van der Waals surface area contributed by atoms with Gasteiger partial charge in [0.05, 0.1) is 9.64 Å². The Hall–Kier alpha value is -3.02. The average Bonchev–Trinajstić information content (AvgIpc) is 3.05. The number of hydrogen-bond donors (Lipinski definition) is 2. The molecule has 10 heteroatoms. The molecule has 3 aromatic carbocycles. The largest absolute Gasteiger partial charge is 0.448 e. The molecule has 2 heterocycles. The van der Waals surface area contributed by atoms with Crippen molar-refractivity contribution in [1.29, 1.82) is 0 Å². The fourth-order valence-electron chi connectivity index (χ4n) is 5.63. The summed E-state index contributed by atoms with van der Waals surface area (Å²) in [6.07, 6.45) is -0.702. The summed E-state index contributed by atoms with van der Waals surface area (Å²) in [5.41, 5.74) is 2.47. The van der Waals surface area contributed by atoms with Crippen LogP contribution in [0.2, 0.25) is 0 Å². The highest BCUT2D eigenvalue weighted by molar-refractivity contribution is 8.01. The summed E-state index contributed by atoms with van der Waals surface area (Å²) in [6, 6.07) is 22.1. The van der Waals surface area contributed by atoms with Gasteiger partial charge >= 0.3 is 11.9 Å². The number of β-lactam (4-membered cyclic amide) rings is 1. The Morgan fingerprint density at radius 1 is 1.03 bits per heavy atom. The van der Waals surface area contributed by atoms with Crippen LogP contribution in [0.25, 0.3) is 0 Å². The fourth-order valence-corrected chi connectivity index (χ4v) is 8.17. The molecular weight excluding hydrogens is 524 g/mol. The lowest BCUT2D eigenvalue weighted by molar-refractivity contribution is -0.916. The van der Waals surface area contributed by atoms with Crippen LogP contribution in [0.3, 0.4) is 0 Å². The van der Waals surface area contributed by atoms with E-state index in [1.54, 1.807) is 19.1 Å². The minimum absolute atomic E-state index is 0.186. The van der Waals surface area contributed by atoms with Crippen molar-refractivity contribution in [1.82, 2.24) is 0 Å². The van der Waals surface area contributed by atoms with Crippen LogP contribution in [-0.4, -0.2) is 45.6 Å². The lowest BCUT2D eigenvalue weighted by Gasteiger charge is -2.47. The van der Waals surface area contributed by atoms with E-state index in [-0.39, 0.29) is 10.5 Å². The van der Waals surface area contributed by atoms with Crippen LogP contribution in [0.1, 0.15) is 48.1 Å². The molecule has 8 nitrogen and oxygen atoms in total. The topological polar surface area (TPSA) is 124 Å². The van der Waals surface area contributed by atoms with Gasteiger partial charge < -0.3 is 4.74 Å². The highest BCUT2D eigenvalue weighted by Gasteiger charge is 2.78. The van der Waals surface area contributed by atoms with Gasteiger partial charge in [0.1, 0.15) is 0 Å². The van der Waals surface area contributed by atoms with Crippen LogP contribution in [0.4, 0.5) is 0 Å². The van der Waals surface area contributed by atoms with Gasteiger partial charge in [0.25, 0.3) is 10.1 Å². The molecule has 2 aliphatic heterocycles. The molecule has 2 fully saturated rings. The van der Waals surface area contributed by atoms with Gasteiger partial charge in [-0.15, -0.1) is 0 Å². The van der Waals surface area contributed by atoms with E-state index in [0.29, 0.717) is 0 Å². The smallest absolute Gasteiger partial charge is 0.369 e. The number of carbonyl (C=O) groups excluding carboxylic acids is 2. The number of carbonyl (C=O) groups is 2. The summed E-state index contributed by atoms with van der Waals surface area (Å²) in [5.74, 6) is 4.69. The van der Waals surface area contributed by atoms with Crippen molar-refractivity contribution in [2.24, 2.45) is 5.84 Å². The van der Waals surface area contributed by atoms with Crippen molar-refractivity contribution in [2.45, 2.75) is 53.9 Å². The Kier molecular flexibility index (Phi) is 6.52. The molecule has 3 N–H and O–H groups in total. The van der Waals surface area contributed by atoms with Gasteiger partial charge in [0.2, 0.25) is 6.04 Å². The van der Waals surface area contributed by atoms with Gasteiger partial charge in [0, 0.05) is 0 Å². The second-order valence-electron chi connectivity index (χ2n) is 10.3. The third-order valence-corrected chi connectivity index (χ3v) is 9.93. The molecule has 0 saturated carbocycles. The van der Waals surface area contributed by atoms with Crippen LogP contribution in [0.5, 0.6) is 0 Å². The molecular formula is C28H29N2O6S2+. The second-order valence-corrected chi connectivity index (χ2v) is 13.5. The van der Waals surface area contributed by atoms with Gasteiger partial charge in [0.15, 0.2) is 17.4 Å². The molecule has 1 amide bonds. The Bertz CT molecular complexity index is 1470. The number of rotatable bonds is 6. The van der Waals surface area contributed by atoms with Crippen molar-refractivity contribution in [3.8, 4) is 0 Å². The Morgan fingerprint density at radius 3 is 2.11 bits per heavy atom. The van der Waals surface area contributed by atoms with Gasteiger partial charge in [-0.1, -0.05) is 90.1 Å². The Labute approximate surface area is 226 Å². The van der Waals surface area contributed by atoms with Crippen LogP contribution in [-0.2, 0) is 24.4 Å². The number of nitrogens with two attached hydrogens (primary N) is 1. The zero-order valence-corrected chi connectivity index (χ0v) is 22.8. The molecule has 2 aliphatic rings. The predicted molar refractivity (Wildman–Crippen MR) is 143 cm³/mol. The highest BCUT2D eigenvalue weighted by atomic mass is 32.2. The number of nitrogens with zero attached hydrogens (tertiary/aromatic N) is 1. The Morgan fingerprint density at radius 2 is 1.58 bits per heavy atom. The number of thioether (sulfide) groups is 1. The number of amides is 1. The zero-order valence-electron chi connectivity index (χ0n) is 21.1. The third kappa shape index (κ3) is 4.26. The van der Waals surface area contributed by atoms with E-state index in [9.17, 15) is 22.6 Å². The first kappa shape index (κ1) is 26.6. The van der Waals surface area contributed by atoms with Crippen LogP contribution in [0, 0.1) is 6.92 Å². The monoisotopic (exact) mass is 553 g/mol. The molecule has 2 saturated heterocycles. The molecule has 3 aromatic rings. The van der Waals surface area contributed by atoms with E-state index in [4.69, 9.17) is 10.6 Å². The number of fused-ring (bicyclic) bond motifs is 1. The summed E-state index contributed by atoms with van der Waals surface area (Å²) in [7, 11) is -4.58. The van der Waals surface area contributed by atoms with E-state index in [1.165, 1.54) is 17.8 Å². The number of esters is 1. The fraction of sp³-hybridized carbons (Fsp3) is 0.286. The van der Waals surface area contributed by atoms with E-state index in [2.05, 4.69) is 0 Å². The minimum Gasteiger partial charge on any atom is -0.448 e. The Balaban J connectivity index is 1.51. The first-order chi connectivity index (χ1) is 17.9. The first-order valence-corrected chi connectivity index (χ1v) is 14.5. The van der Waals surface area contributed by atoms with Crippen LogP contribution < -0.4 is 5.84 Å². The normalized spacial score (nSPS) is 26.1. The third-order valence-electron chi connectivity index (χ3n) is 7.30. The molecule has 198 valence electrons. The summed E-state index contributed by atoms with van der Waals surface area (Å²) in [6.45, 7) is 5.43. The van der Waals surface area contributed by atoms with Crippen molar-refractivity contribution in [2.75, 3.05) is 0 Å². The standard InChI is InChI=1S/C28H28N2O6S2/c1-17-14-15-21(38(33,34)35)20(16-17)22-25(31)30(29)24(28(2,3)37-26(22)30)27(32)36-23(18-10-6-4-7-11-18)19-12-8-5-9-13-19/h4-16,22-24,26H,29H2,1-3H3/p+1/t22-,24+,26-,30?/m1/s1. The van der Waals surface area contributed by atoms with Gasteiger partial charge in [-0.25, -0.2) is 9.59 Å². The predicted octanol–water partition coefficient (Wildman–Crippen LogP) is 4.11. The van der Waals surface area contributed by atoms with Gasteiger partial charge in [-0.2, -0.15) is 18.9 Å². The quantitative estimate of drug-likeness (QED) is 0.117. The maximum Gasteiger partial charge on any atom is 0.369 e. The van der Waals surface area contributed by atoms with E-state index < -0.39 is 54.8 Å². The highest BCUT2D eigenvalue weighted by Crippen LogP contribution is 2.60. The van der Waals surface area contributed by atoms with E-state index in [0.717, 1.165) is 16.7 Å². The van der Waals surface area contributed by atoms with E-state index in [1.807, 2.05) is 74.5 Å². The first-order valence-electron chi connectivity index (χ1n) is 12.1. The zero-order chi connectivity index (χ0) is 27.5. The summed E-state index contributed by atoms with van der Waals surface area (Å²) in [4.78, 5) is 27.3. The SMILES string of the molecule is Cc1ccc(S(=O)(=O)O)c([C@@H]2C(=O)[N+]3(N)[C@@H]2SC(C)(C)[C@@H]3C(=O)OC(c2ccccc2)c2ccccc2)c1. The number of quaternary nitrogens is 1. The molecule has 0 aliphatic carbocycles. The molecule has 0 aromatic heterocycles. The molecule has 38 heavy (non-hydrogen) atoms. The maximum atomic E-state index is 13.9. The maximum absolute atomic E-state index is 13.9. The molecule has 0 spiro atoms. The molecule has 4 atom stereocenters. The number of aryl methyl sites for hydroxylation is 1. The van der Waals surface area contributed by atoms with Crippen molar-refractivity contribution in [3.05, 3.63) is 101 Å². The van der Waals surface area contributed by atoms with Crippen LogP contribution >= 0.6 is 11.8 Å². The molecule has 5 rings (SSSR count). The lowest BCUT2D eigenvalue weighted by Crippen LogP contribution is -2.79. The summed E-state index contributed by atoms with van der Waals surface area (Å²) in [5, 5.41) is -0.635. The lowest BCUT2D eigenvalue weighted by atomic mass is 9.84. The molecule has 0 radical (unpaired) electrons. The number of benzene rings is 3. The number of ether oxygens (including phenoxy) is 1. The minimum atomic E-state index is -4.58. The van der Waals surface area contributed by atoms with Crippen molar-refractivity contribution < 1.29 is 31.9 Å². The van der Waals surface area contributed by atoms with Gasteiger partial charge in [-0.3, -0.25) is 4.55 Å². The number of hydrogen-bond acceptors (Lipinski definition) is 7. The van der Waals surface area contributed by atoms with E-state index >= 15 is 0 Å². The van der Waals surface area contributed by atoms with Crippen LogP contribution in [0.15, 0.2) is 83.8 Å². The second kappa shape index (κ2) is 9.32.